The second kappa shape index (κ2) is 6.56. The van der Waals surface area contributed by atoms with Gasteiger partial charge in [-0.05, 0) is 38.8 Å². The minimum atomic E-state index is -0.394. The molecule has 1 fully saturated rings. The number of nitro groups is 1. The van der Waals surface area contributed by atoms with Crippen molar-refractivity contribution in [3.63, 3.8) is 0 Å². The minimum Gasteiger partial charge on any atom is -0.484 e. The third-order valence-electron chi connectivity index (χ3n) is 3.00. The molecule has 0 aromatic heterocycles. The van der Waals surface area contributed by atoms with E-state index < -0.39 is 4.92 Å². The maximum absolute atomic E-state index is 11.2. The first-order chi connectivity index (χ1) is 9.58. The van der Waals surface area contributed by atoms with E-state index in [0.717, 1.165) is 6.54 Å². The van der Waals surface area contributed by atoms with Gasteiger partial charge >= 0.3 is 5.69 Å². The van der Waals surface area contributed by atoms with Gasteiger partial charge in [-0.3, -0.25) is 10.1 Å². The first kappa shape index (κ1) is 14.6. The van der Waals surface area contributed by atoms with Gasteiger partial charge in [0.2, 0.25) is 0 Å². The van der Waals surface area contributed by atoms with E-state index in [1.807, 2.05) is 13.8 Å². The van der Waals surface area contributed by atoms with Gasteiger partial charge in [-0.15, -0.1) is 0 Å². The predicted molar refractivity (Wildman–Crippen MR) is 78.4 cm³/mol. The highest BCUT2D eigenvalue weighted by Gasteiger charge is 2.22. The summed E-state index contributed by atoms with van der Waals surface area (Å²) in [7, 11) is 0. The number of ether oxygens (including phenoxy) is 1. The van der Waals surface area contributed by atoms with E-state index in [1.54, 1.807) is 18.2 Å². The molecule has 0 saturated heterocycles. The quantitative estimate of drug-likeness (QED) is 0.434. The molecule has 0 atom stereocenters. The Labute approximate surface area is 118 Å². The fraction of sp³-hybridized carbons (Fsp3) is 0.571. The Bertz CT molecular complexity index is 473. The van der Waals surface area contributed by atoms with Crippen LogP contribution in [0, 0.1) is 10.1 Å². The fourth-order valence-electron chi connectivity index (χ4n) is 1.96. The molecule has 20 heavy (non-hydrogen) atoms. The van der Waals surface area contributed by atoms with Crippen LogP contribution in [0.3, 0.4) is 0 Å². The summed E-state index contributed by atoms with van der Waals surface area (Å²) < 4.78 is 5.50. The lowest BCUT2D eigenvalue weighted by Gasteiger charge is -2.13. The number of para-hydroxylation sites is 1. The van der Waals surface area contributed by atoms with Gasteiger partial charge in [-0.1, -0.05) is 6.07 Å². The number of nitrogens with zero attached hydrogens (tertiary/aromatic N) is 1. The van der Waals surface area contributed by atoms with Crippen LogP contribution in [0.15, 0.2) is 18.2 Å². The average Bonchev–Trinajstić information content (AvgIpc) is 3.17. The number of nitro benzene ring substituents is 1. The van der Waals surface area contributed by atoms with E-state index in [2.05, 4.69) is 10.6 Å². The summed E-state index contributed by atoms with van der Waals surface area (Å²) in [6.07, 6.45) is 2.37. The average molecular weight is 279 g/mol. The largest absolute Gasteiger partial charge is 0.484 e. The summed E-state index contributed by atoms with van der Waals surface area (Å²) in [5.41, 5.74) is 0.512. The minimum absolute atomic E-state index is 0.00706. The standard InChI is InChI=1S/C14H21N3O3/c1-10(2)20-13-5-3-4-12(14(13)17(18)19)16-9-8-15-11-6-7-11/h3-5,10-11,15-16H,6-9H2,1-2H3. The number of anilines is 1. The number of nitrogens with one attached hydrogen (secondary N) is 2. The molecule has 2 rings (SSSR count). The van der Waals surface area contributed by atoms with Crippen LogP contribution in [-0.4, -0.2) is 30.2 Å². The van der Waals surface area contributed by atoms with Crippen molar-refractivity contribution in [3.8, 4) is 5.75 Å². The van der Waals surface area contributed by atoms with Crippen molar-refractivity contribution in [1.29, 1.82) is 0 Å². The zero-order valence-corrected chi connectivity index (χ0v) is 11.9. The Hall–Kier alpha value is -1.82. The molecular formula is C14H21N3O3. The van der Waals surface area contributed by atoms with Crippen LogP contribution < -0.4 is 15.4 Å². The molecule has 0 spiro atoms. The lowest BCUT2D eigenvalue weighted by molar-refractivity contribution is -0.385. The molecule has 0 amide bonds. The second-order valence-electron chi connectivity index (χ2n) is 5.23. The van der Waals surface area contributed by atoms with E-state index in [0.29, 0.717) is 24.0 Å². The van der Waals surface area contributed by atoms with Gasteiger partial charge in [-0.25, -0.2) is 0 Å². The van der Waals surface area contributed by atoms with Crippen LogP contribution in [0.25, 0.3) is 0 Å². The SMILES string of the molecule is CC(C)Oc1cccc(NCCNC2CC2)c1[N+](=O)[O-]. The van der Waals surface area contributed by atoms with E-state index >= 15 is 0 Å². The molecule has 110 valence electrons. The van der Waals surface area contributed by atoms with Crippen LogP contribution >= 0.6 is 0 Å². The van der Waals surface area contributed by atoms with Crippen LogP contribution in [0.5, 0.6) is 5.75 Å². The molecule has 0 unspecified atom stereocenters. The lowest BCUT2D eigenvalue weighted by Crippen LogP contribution is -2.24. The zero-order chi connectivity index (χ0) is 14.5. The highest BCUT2D eigenvalue weighted by molar-refractivity contribution is 5.68. The highest BCUT2D eigenvalue weighted by Crippen LogP contribution is 2.35. The fourth-order valence-corrected chi connectivity index (χ4v) is 1.96. The smallest absolute Gasteiger partial charge is 0.333 e. The maximum Gasteiger partial charge on any atom is 0.333 e. The molecule has 2 N–H and O–H groups in total. The molecule has 1 aromatic rings. The van der Waals surface area contributed by atoms with E-state index in [1.165, 1.54) is 12.8 Å². The van der Waals surface area contributed by atoms with Crippen molar-refractivity contribution < 1.29 is 9.66 Å². The lowest BCUT2D eigenvalue weighted by atomic mass is 10.2. The summed E-state index contributed by atoms with van der Waals surface area (Å²) in [6, 6.07) is 5.75. The monoisotopic (exact) mass is 279 g/mol. The third kappa shape index (κ3) is 4.09. The van der Waals surface area contributed by atoms with Crippen molar-refractivity contribution in [2.75, 3.05) is 18.4 Å². The Morgan fingerprint density at radius 2 is 2.15 bits per heavy atom. The number of hydrogen-bond donors (Lipinski definition) is 2. The van der Waals surface area contributed by atoms with Crippen LogP contribution in [0.4, 0.5) is 11.4 Å². The molecular weight excluding hydrogens is 258 g/mol. The van der Waals surface area contributed by atoms with Gasteiger partial charge in [0.05, 0.1) is 11.0 Å². The summed E-state index contributed by atoms with van der Waals surface area (Å²) in [5.74, 6) is 0.310. The summed E-state index contributed by atoms with van der Waals surface area (Å²) in [6.45, 7) is 5.16. The molecule has 0 aliphatic heterocycles. The second-order valence-corrected chi connectivity index (χ2v) is 5.23. The van der Waals surface area contributed by atoms with Crippen LogP contribution in [0.2, 0.25) is 0 Å². The first-order valence-electron chi connectivity index (χ1n) is 6.99. The molecule has 1 saturated carbocycles. The Balaban J connectivity index is 2.03. The molecule has 1 aliphatic rings. The summed E-state index contributed by atoms with van der Waals surface area (Å²) >= 11 is 0. The van der Waals surface area contributed by atoms with Gasteiger partial charge in [0, 0.05) is 19.1 Å². The predicted octanol–water partition coefficient (Wildman–Crippen LogP) is 2.55. The zero-order valence-electron chi connectivity index (χ0n) is 11.9. The molecule has 1 aliphatic carbocycles. The first-order valence-corrected chi connectivity index (χ1v) is 6.99. The number of hydrogen-bond acceptors (Lipinski definition) is 5. The van der Waals surface area contributed by atoms with Crippen molar-refractivity contribution >= 4 is 11.4 Å². The number of benzene rings is 1. The topological polar surface area (TPSA) is 76.4 Å². The highest BCUT2D eigenvalue weighted by atomic mass is 16.6. The van der Waals surface area contributed by atoms with Crippen LogP contribution in [0.1, 0.15) is 26.7 Å². The van der Waals surface area contributed by atoms with Gasteiger partial charge in [0.1, 0.15) is 5.69 Å². The van der Waals surface area contributed by atoms with Gasteiger partial charge in [0.25, 0.3) is 0 Å². The molecule has 0 radical (unpaired) electrons. The van der Waals surface area contributed by atoms with Gasteiger partial charge in [-0.2, -0.15) is 0 Å². The Morgan fingerprint density at radius 3 is 2.75 bits per heavy atom. The molecule has 6 nitrogen and oxygen atoms in total. The van der Waals surface area contributed by atoms with E-state index in [-0.39, 0.29) is 11.8 Å². The van der Waals surface area contributed by atoms with E-state index in [9.17, 15) is 10.1 Å². The van der Waals surface area contributed by atoms with Crippen molar-refractivity contribution in [1.82, 2.24) is 5.32 Å². The molecule has 0 heterocycles. The van der Waals surface area contributed by atoms with Gasteiger partial charge < -0.3 is 15.4 Å². The van der Waals surface area contributed by atoms with Crippen LogP contribution in [-0.2, 0) is 0 Å². The third-order valence-corrected chi connectivity index (χ3v) is 3.00. The summed E-state index contributed by atoms with van der Waals surface area (Å²) in [4.78, 5) is 10.9. The molecule has 1 aromatic carbocycles. The van der Waals surface area contributed by atoms with E-state index in [4.69, 9.17) is 4.74 Å². The molecule has 6 heteroatoms. The van der Waals surface area contributed by atoms with Crippen molar-refractivity contribution in [2.45, 2.75) is 38.8 Å². The normalized spacial score (nSPS) is 14.3. The molecule has 0 bridgehead atoms. The Kier molecular flexibility index (Phi) is 4.79. The number of rotatable bonds is 8. The van der Waals surface area contributed by atoms with Crippen molar-refractivity contribution in [2.24, 2.45) is 0 Å². The maximum atomic E-state index is 11.2. The Morgan fingerprint density at radius 1 is 1.40 bits per heavy atom. The van der Waals surface area contributed by atoms with Crippen molar-refractivity contribution in [3.05, 3.63) is 28.3 Å². The van der Waals surface area contributed by atoms with Gasteiger partial charge in [0.15, 0.2) is 5.75 Å². The summed E-state index contributed by atoms with van der Waals surface area (Å²) in [5, 5.41) is 17.7.